The van der Waals surface area contributed by atoms with Gasteiger partial charge in [0, 0.05) is 17.6 Å². The van der Waals surface area contributed by atoms with Gasteiger partial charge in [-0.3, -0.25) is 9.59 Å². The van der Waals surface area contributed by atoms with E-state index in [0.29, 0.717) is 24.2 Å². The van der Waals surface area contributed by atoms with Crippen molar-refractivity contribution >= 4 is 51.5 Å². The maximum Gasteiger partial charge on any atom is 0.311 e. The molecule has 1 amide bonds. The van der Waals surface area contributed by atoms with Crippen LogP contribution in [0.25, 0.3) is 0 Å². The van der Waals surface area contributed by atoms with E-state index in [1.165, 1.54) is 11.3 Å². The predicted octanol–water partition coefficient (Wildman–Crippen LogP) is 3.57. The largest absolute Gasteiger partial charge is 0.481 e. The molecule has 21 heavy (non-hydrogen) atoms. The van der Waals surface area contributed by atoms with Crippen LogP contribution in [-0.2, 0) is 4.79 Å². The first-order chi connectivity index (χ1) is 10.1. The number of fused-ring (bicyclic) bond motifs is 1. The van der Waals surface area contributed by atoms with E-state index in [0.717, 1.165) is 8.45 Å². The van der Waals surface area contributed by atoms with Gasteiger partial charge >= 0.3 is 5.97 Å². The number of thiophene rings is 1. The lowest BCUT2D eigenvalue weighted by atomic mass is 9.90. The molecule has 2 aromatic rings. The van der Waals surface area contributed by atoms with Crippen LogP contribution in [0.3, 0.4) is 0 Å². The number of hydrogen-bond acceptors (Lipinski definition) is 3. The zero-order chi connectivity index (χ0) is 15.0. The molecular weight excluding hydrogens is 401 g/mol. The summed E-state index contributed by atoms with van der Waals surface area (Å²) in [6.07, 6.45) is 0.444. The Morgan fingerprint density at radius 2 is 2.10 bits per heavy atom. The lowest BCUT2D eigenvalue weighted by molar-refractivity contribution is -0.139. The second kappa shape index (κ2) is 5.76. The van der Waals surface area contributed by atoms with Crippen LogP contribution in [-0.4, -0.2) is 23.5 Å². The van der Waals surface area contributed by atoms with Gasteiger partial charge < -0.3 is 10.0 Å². The highest BCUT2D eigenvalue weighted by atomic mass is 127. The number of carboxylic acid groups (broad SMARTS) is 1. The summed E-state index contributed by atoms with van der Waals surface area (Å²) in [4.78, 5) is 25.7. The van der Waals surface area contributed by atoms with Gasteiger partial charge in [0.25, 0.3) is 5.91 Å². The molecule has 1 aliphatic heterocycles. The van der Waals surface area contributed by atoms with Crippen LogP contribution < -0.4 is 4.90 Å². The van der Waals surface area contributed by atoms with E-state index >= 15 is 0 Å². The van der Waals surface area contributed by atoms with E-state index in [1.54, 1.807) is 11.0 Å². The van der Waals surface area contributed by atoms with Gasteiger partial charge in [-0.25, -0.2) is 0 Å². The number of hydrogen-bond donors (Lipinski definition) is 1. The van der Waals surface area contributed by atoms with Crippen molar-refractivity contribution in [1.82, 2.24) is 0 Å². The van der Waals surface area contributed by atoms with E-state index < -0.39 is 11.9 Å². The van der Waals surface area contributed by atoms with Crippen molar-refractivity contribution in [3.63, 3.8) is 0 Å². The first-order valence-electron chi connectivity index (χ1n) is 6.45. The van der Waals surface area contributed by atoms with Crippen LogP contribution >= 0.6 is 33.9 Å². The summed E-state index contributed by atoms with van der Waals surface area (Å²) in [5, 5.41) is 11.2. The van der Waals surface area contributed by atoms with Gasteiger partial charge in [0.2, 0.25) is 0 Å². The third-order valence-electron chi connectivity index (χ3n) is 3.60. The molecule has 1 atom stereocenters. The Labute approximate surface area is 139 Å². The number of halogens is 1. The number of benzene rings is 1. The quantitative estimate of drug-likeness (QED) is 0.766. The zero-order valence-electron chi connectivity index (χ0n) is 11.0. The van der Waals surface area contributed by atoms with Crippen LogP contribution in [0.2, 0.25) is 0 Å². The Balaban J connectivity index is 2.00. The molecule has 0 saturated heterocycles. The topological polar surface area (TPSA) is 57.6 Å². The normalized spacial score (nSPS) is 17.4. The molecule has 4 nitrogen and oxygen atoms in total. The van der Waals surface area contributed by atoms with Crippen molar-refractivity contribution in [2.24, 2.45) is 0 Å². The first-order valence-corrected chi connectivity index (χ1v) is 8.41. The Bertz CT molecular complexity index is 712. The molecule has 1 aliphatic rings. The number of anilines is 1. The highest BCUT2D eigenvalue weighted by molar-refractivity contribution is 14.1. The molecule has 0 bridgehead atoms. The second-order valence-electron chi connectivity index (χ2n) is 4.83. The molecular formula is C15H12INO3S. The molecule has 0 radical (unpaired) electrons. The van der Waals surface area contributed by atoms with E-state index in [9.17, 15) is 14.7 Å². The van der Waals surface area contributed by atoms with Gasteiger partial charge in [0.05, 0.1) is 14.4 Å². The average Bonchev–Trinajstić information content (AvgIpc) is 2.91. The molecule has 0 spiro atoms. The maximum absolute atomic E-state index is 12.6. The molecule has 0 fully saturated rings. The first kappa shape index (κ1) is 14.5. The molecule has 1 N–H and O–H groups in total. The van der Waals surface area contributed by atoms with Crippen LogP contribution in [0.4, 0.5) is 5.69 Å². The number of rotatable bonds is 2. The minimum atomic E-state index is -0.834. The summed E-state index contributed by atoms with van der Waals surface area (Å²) in [5.41, 5.74) is 2.09. The van der Waals surface area contributed by atoms with Crippen LogP contribution in [0, 0.1) is 2.88 Å². The summed E-state index contributed by atoms with van der Waals surface area (Å²) in [7, 11) is 0. The Kier molecular flexibility index (Phi) is 3.99. The molecule has 2 heterocycles. The van der Waals surface area contributed by atoms with Crippen LogP contribution in [0.1, 0.15) is 28.3 Å². The van der Waals surface area contributed by atoms with Crippen molar-refractivity contribution in [2.45, 2.75) is 12.3 Å². The number of para-hydroxylation sites is 1. The van der Waals surface area contributed by atoms with Crippen molar-refractivity contribution in [3.8, 4) is 0 Å². The third kappa shape index (κ3) is 2.69. The summed E-state index contributed by atoms with van der Waals surface area (Å²) in [6.45, 7) is 0.430. The fraction of sp³-hybridized carbons (Fsp3) is 0.200. The van der Waals surface area contributed by atoms with Gasteiger partial charge in [-0.2, -0.15) is 0 Å². The molecule has 0 saturated carbocycles. The SMILES string of the molecule is O=C(O)C1CCN(C(=O)c2csc(I)c2)c2ccccc21. The van der Waals surface area contributed by atoms with Crippen LogP contribution in [0.15, 0.2) is 35.7 Å². The number of nitrogens with zero attached hydrogens (tertiary/aromatic N) is 1. The van der Waals surface area contributed by atoms with E-state index in [-0.39, 0.29) is 5.91 Å². The number of carbonyl (C=O) groups excluding carboxylic acids is 1. The minimum Gasteiger partial charge on any atom is -0.481 e. The fourth-order valence-corrected chi connectivity index (χ4v) is 3.93. The number of aliphatic carboxylic acids is 1. The van der Waals surface area contributed by atoms with Gasteiger partial charge in [0.15, 0.2) is 0 Å². The van der Waals surface area contributed by atoms with E-state index in [4.69, 9.17) is 0 Å². The number of carbonyl (C=O) groups is 2. The van der Waals surface area contributed by atoms with Crippen LogP contribution in [0.5, 0.6) is 0 Å². The molecule has 0 aliphatic carbocycles. The highest BCUT2D eigenvalue weighted by Gasteiger charge is 2.32. The van der Waals surface area contributed by atoms with Gasteiger partial charge in [-0.05, 0) is 46.7 Å². The fourth-order valence-electron chi connectivity index (χ4n) is 2.61. The monoisotopic (exact) mass is 413 g/mol. The van der Waals surface area contributed by atoms with Gasteiger partial charge in [0.1, 0.15) is 0 Å². The Hall–Kier alpha value is -1.41. The highest BCUT2D eigenvalue weighted by Crippen LogP contribution is 2.36. The molecule has 6 heteroatoms. The lowest BCUT2D eigenvalue weighted by Crippen LogP contribution is -2.38. The Morgan fingerprint density at radius 1 is 1.33 bits per heavy atom. The number of carboxylic acids is 1. The maximum atomic E-state index is 12.6. The molecule has 1 unspecified atom stereocenters. The molecule has 108 valence electrons. The second-order valence-corrected chi connectivity index (χ2v) is 7.64. The third-order valence-corrected chi connectivity index (χ3v) is 5.39. The predicted molar refractivity (Wildman–Crippen MR) is 90.1 cm³/mol. The Morgan fingerprint density at radius 3 is 2.76 bits per heavy atom. The lowest BCUT2D eigenvalue weighted by Gasteiger charge is -2.32. The smallest absolute Gasteiger partial charge is 0.311 e. The van der Waals surface area contributed by atoms with Crippen molar-refractivity contribution in [2.75, 3.05) is 11.4 Å². The van der Waals surface area contributed by atoms with Crippen molar-refractivity contribution < 1.29 is 14.7 Å². The van der Waals surface area contributed by atoms with E-state index in [2.05, 4.69) is 22.6 Å². The molecule has 1 aromatic heterocycles. The number of amides is 1. The van der Waals surface area contributed by atoms with Gasteiger partial charge in [-0.1, -0.05) is 18.2 Å². The zero-order valence-corrected chi connectivity index (χ0v) is 13.9. The summed E-state index contributed by atoms with van der Waals surface area (Å²) in [6, 6.07) is 9.13. The minimum absolute atomic E-state index is 0.0644. The van der Waals surface area contributed by atoms with Crippen molar-refractivity contribution in [1.29, 1.82) is 0 Å². The standard InChI is InChI=1S/C15H12INO3S/c16-13-7-9(8-21-13)14(18)17-6-5-11(15(19)20)10-3-1-2-4-12(10)17/h1-4,7-8,11H,5-6H2,(H,19,20). The average molecular weight is 413 g/mol. The molecule has 3 rings (SSSR count). The summed E-state index contributed by atoms with van der Waals surface area (Å²) >= 11 is 3.72. The summed E-state index contributed by atoms with van der Waals surface area (Å²) < 4.78 is 1.06. The molecule has 1 aromatic carbocycles. The van der Waals surface area contributed by atoms with E-state index in [1.807, 2.05) is 29.6 Å². The summed E-state index contributed by atoms with van der Waals surface area (Å²) in [5.74, 6) is -1.43. The van der Waals surface area contributed by atoms with Crippen molar-refractivity contribution in [3.05, 3.63) is 49.7 Å². The van der Waals surface area contributed by atoms with Gasteiger partial charge in [-0.15, -0.1) is 11.3 Å².